The zero-order chi connectivity index (χ0) is 6.78. The van der Waals surface area contributed by atoms with Gasteiger partial charge in [0.15, 0.2) is 0 Å². The number of ketones is 1. The first-order valence-corrected chi connectivity index (χ1v) is 1.79. The number of aliphatic hydroxyl groups is 4. The van der Waals surface area contributed by atoms with Crippen molar-refractivity contribution in [2.75, 3.05) is 6.61 Å². The fraction of sp³-hybridized carbons (Fsp3) is 0.667. The van der Waals surface area contributed by atoms with Crippen molar-refractivity contribution in [3.8, 4) is 0 Å². The number of hydrogen-bond acceptors (Lipinski definition) is 5. The molecule has 0 saturated heterocycles. The van der Waals surface area contributed by atoms with Gasteiger partial charge in [0.25, 0.3) is 0 Å². The molecule has 0 fully saturated rings. The minimum absolute atomic E-state index is 1.09. The monoisotopic (exact) mass is 122 g/mol. The van der Waals surface area contributed by atoms with Crippen molar-refractivity contribution in [1.82, 2.24) is 0 Å². The minimum Gasteiger partial charge on any atom is -0.388 e. The first-order valence-electron chi connectivity index (χ1n) is 1.79. The van der Waals surface area contributed by atoms with Gasteiger partial charge in [0.05, 0.1) is 0 Å². The van der Waals surface area contributed by atoms with Gasteiger partial charge in [-0.15, -0.1) is 0 Å². The molecule has 0 aliphatic rings. The zero-order valence-electron chi connectivity index (χ0n) is 3.90. The van der Waals surface area contributed by atoms with Crippen molar-refractivity contribution < 1.29 is 25.2 Å². The fourth-order valence-corrected chi connectivity index (χ4v) is 0.106. The molecule has 0 amide bonds. The Morgan fingerprint density at radius 2 is 1.75 bits per heavy atom. The Bertz CT molecular complexity index is 90.3. The molecule has 0 spiro atoms. The van der Waals surface area contributed by atoms with E-state index in [1.807, 2.05) is 0 Å². The molecule has 0 heterocycles. The molecule has 5 heteroatoms. The highest BCUT2D eigenvalue weighted by Crippen LogP contribution is 1.91. The Labute approximate surface area is 44.8 Å². The van der Waals surface area contributed by atoms with E-state index >= 15 is 0 Å². The Morgan fingerprint density at radius 1 is 1.38 bits per heavy atom. The van der Waals surface area contributed by atoms with E-state index in [2.05, 4.69) is 0 Å². The van der Waals surface area contributed by atoms with Crippen LogP contribution in [0, 0.1) is 0 Å². The van der Waals surface area contributed by atoms with Crippen molar-refractivity contribution in [2.24, 2.45) is 0 Å². The smallest absolute Gasteiger partial charge is 0.341 e. The topological polar surface area (TPSA) is 98.0 Å². The first-order chi connectivity index (χ1) is 3.48. The Morgan fingerprint density at radius 3 is 1.75 bits per heavy atom. The molecule has 8 heavy (non-hydrogen) atoms. The maximum Gasteiger partial charge on any atom is 0.341 e. The summed E-state index contributed by atoms with van der Waals surface area (Å²) in [6.45, 7) is -1.09. The van der Waals surface area contributed by atoms with Crippen LogP contribution in [0.15, 0.2) is 0 Å². The van der Waals surface area contributed by atoms with E-state index in [4.69, 9.17) is 20.4 Å². The molecule has 4 N–H and O–H groups in total. The lowest BCUT2D eigenvalue weighted by Gasteiger charge is -2.08. The van der Waals surface area contributed by atoms with Crippen LogP contribution in [0.25, 0.3) is 0 Å². The van der Waals surface area contributed by atoms with Crippen LogP contribution < -0.4 is 0 Å². The number of carbonyl (C=O) groups is 1. The lowest BCUT2D eigenvalue weighted by atomic mass is 10.4. The number of rotatable bonds is 2. The molecule has 0 bridgehead atoms. The molecular formula is C3H6O5. The quantitative estimate of drug-likeness (QED) is 0.296. The maximum atomic E-state index is 9.83. The molecule has 5 nitrogen and oxygen atoms in total. The predicted molar refractivity (Wildman–Crippen MR) is 21.5 cm³/mol. The molecule has 0 aliphatic carbocycles. The summed E-state index contributed by atoms with van der Waals surface area (Å²) in [5.41, 5.74) is 0. The molecular weight excluding hydrogens is 116 g/mol. The maximum absolute atomic E-state index is 9.83. The van der Waals surface area contributed by atoms with Gasteiger partial charge in [-0.2, -0.15) is 0 Å². The average molecular weight is 122 g/mol. The van der Waals surface area contributed by atoms with Crippen molar-refractivity contribution in [2.45, 2.75) is 5.97 Å². The van der Waals surface area contributed by atoms with Gasteiger partial charge in [0.2, 0.25) is 5.78 Å². The summed E-state index contributed by atoms with van der Waals surface area (Å²) in [4.78, 5) is 9.83. The summed E-state index contributed by atoms with van der Waals surface area (Å²) < 4.78 is 0. The van der Waals surface area contributed by atoms with E-state index in [1.54, 1.807) is 0 Å². The fourth-order valence-electron chi connectivity index (χ4n) is 0.106. The van der Waals surface area contributed by atoms with Crippen LogP contribution >= 0.6 is 0 Å². The van der Waals surface area contributed by atoms with E-state index in [0.717, 1.165) is 0 Å². The second kappa shape index (κ2) is 2.19. The molecule has 0 saturated carbocycles. The van der Waals surface area contributed by atoms with Gasteiger partial charge in [-0.1, -0.05) is 0 Å². The lowest BCUT2D eigenvalue weighted by molar-refractivity contribution is -0.288. The van der Waals surface area contributed by atoms with Gasteiger partial charge in [-0.05, 0) is 0 Å². The normalized spacial score (nSPS) is 11.5. The summed E-state index contributed by atoms with van der Waals surface area (Å²) in [6.07, 6.45) is 0. The van der Waals surface area contributed by atoms with Gasteiger partial charge in [0, 0.05) is 0 Å². The Hall–Kier alpha value is -0.490. The van der Waals surface area contributed by atoms with Crippen LogP contribution in [0.5, 0.6) is 0 Å². The number of aliphatic hydroxyl groups excluding tert-OH is 1. The second-order valence-electron chi connectivity index (χ2n) is 1.22. The van der Waals surface area contributed by atoms with E-state index in [1.165, 1.54) is 0 Å². The van der Waals surface area contributed by atoms with Crippen LogP contribution in [-0.4, -0.2) is 38.8 Å². The molecule has 0 aromatic rings. The Balaban J connectivity index is 3.82. The van der Waals surface area contributed by atoms with Crippen molar-refractivity contribution >= 4 is 5.78 Å². The Kier molecular flexibility index (Phi) is 2.05. The van der Waals surface area contributed by atoms with Crippen molar-refractivity contribution in [3.63, 3.8) is 0 Å². The van der Waals surface area contributed by atoms with Gasteiger partial charge in [-0.3, -0.25) is 4.79 Å². The van der Waals surface area contributed by atoms with E-state index < -0.39 is 18.4 Å². The first kappa shape index (κ1) is 7.51. The standard InChI is InChI=1S/C3H6O5/c4-1-2(5)3(6,7)8/h4,6-8H,1H2. The largest absolute Gasteiger partial charge is 0.388 e. The molecule has 0 rings (SSSR count). The van der Waals surface area contributed by atoms with Gasteiger partial charge < -0.3 is 20.4 Å². The SMILES string of the molecule is O=C(CO)C(O)(O)O. The van der Waals surface area contributed by atoms with Crippen LogP contribution in [0.1, 0.15) is 0 Å². The molecule has 0 aromatic carbocycles. The highest BCUT2D eigenvalue weighted by molar-refractivity contribution is 5.84. The molecule has 0 unspecified atom stereocenters. The highest BCUT2D eigenvalue weighted by atomic mass is 16.7. The molecule has 0 atom stereocenters. The summed E-state index contributed by atoms with van der Waals surface area (Å²) >= 11 is 0. The summed E-state index contributed by atoms with van der Waals surface area (Å²) in [6, 6.07) is 0. The molecule has 0 aromatic heterocycles. The molecule has 0 aliphatic heterocycles. The minimum atomic E-state index is -3.38. The van der Waals surface area contributed by atoms with Crippen molar-refractivity contribution in [1.29, 1.82) is 0 Å². The summed E-state index contributed by atoms with van der Waals surface area (Å²) in [5, 5.41) is 31.5. The second-order valence-corrected chi connectivity index (χ2v) is 1.22. The molecule has 0 radical (unpaired) electrons. The predicted octanol–water partition coefficient (Wildman–Crippen LogP) is -2.82. The third kappa shape index (κ3) is 1.99. The summed E-state index contributed by atoms with van der Waals surface area (Å²) in [7, 11) is 0. The zero-order valence-corrected chi connectivity index (χ0v) is 3.90. The lowest BCUT2D eigenvalue weighted by Crippen LogP contribution is -2.39. The van der Waals surface area contributed by atoms with E-state index in [9.17, 15) is 4.79 Å². The van der Waals surface area contributed by atoms with E-state index in [0.29, 0.717) is 0 Å². The van der Waals surface area contributed by atoms with Crippen molar-refractivity contribution in [3.05, 3.63) is 0 Å². The van der Waals surface area contributed by atoms with E-state index in [-0.39, 0.29) is 0 Å². The number of hydrogen-bond donors (Lipinski definition) is 4. The van der Waals surface area contributed by atoms with Gasteiger partial charge >= 0.3 is 5.97 Å². The van der Waals surface area contributed by atoms with Gasteiger partial charge in [0.1, 0.15) is 6.61 Å². The molecule has 48 valence electrons. The highest BCUT2D eigenvalue weighted by Gasteiger charge is 2.28. The average Bonchev–Trinajstić information content (AvgIpc) is 1.62. The summed E-state index contributed by atoms with van der Waals surface area (Å²) in [5.74, 6) is -4.83. The van der Waals surface area contributed by atoms with Crippen LogP contribution in [0.4, 0.5) is 0 Å². The van der Waals surface area contributed by atoms with Crippen LogP contribution in [-0.2, 0) is 4.79 Å². The van der Waals surface area contributed by atoms with Crippen LogP contribution in [0.2, 0.25) is 0 Å². The number of Topliss-reactive ketones (excluding diaryl/α,β-unsaturated/α-hetero) is 1. The third-order valence-corrected chi connectivity index (χ3v) is 0.518. The van der Waals surface area contributed by atoms with Crippen LogP contribution in [0.3, 0.4) is 0 Å². The third-order valence-electron chi connectivity index (χ3n) is 0.518. The number of carbonyl (C=O) groups excluding carboxylic acids is 1. The van der Waals surface area contributed by atoms with Gasteiger partial charge in [-0.25, -0.2) is 0 Å².